The minimum absolute atomic E-state index is 0.00784. The third-order valence-corrected chi connectivity index (χ3v) is 2.71. The van der Waals surface area contributed by atoms with Crippen molar-refractivity contribution in [2.75, 3.05) is 12.4 Å². The van der Waals surface area contributed by atoms with Gasteiger partial charge < -0.3 is 16.0 Å². The van der Waals surface area contributed by atoms with Crippen LogP contribution < -0.4 is 5.73 Å². The first kappa shape index (κ1) is 11.8. The van der Waals surface area contributed by atoms with E-state index >= 15 is 0 Å². The van der Waals surface area contributed by atoms with Crippen molar-refractivity contribution in [2.45, 2.75) is 4.90 Å². The second-order valence-corrected chi connectivity index (χ2v) is 3.84. The Morgan fingerprint density at radius 2 is 2.27 bits per heavy atom. The Bertz CT molecular complexity index is 371. The predicted molar refractivity (Wildman–Crippen MR) is 56.7 cm³/mol. The van der Waals surface area contributed by atoms with Gasteiger partial charge in [0.25, 0.3) is 0 Å². The molecule has 1 aromatic rings. The Morgan fingerprint density at radius 1 is 1.53 bits per heavy atom. The molecule has 0 aliphatic carbocycles. The fraction of sp³-hybridized carbons (Fsp3) is 0.222. The molecule has 1 aromatic carbocycles. The highest BCUT2D eigenvalue weighted by atomic mass is 32.2. The molecule has 0 aromatic heterocycles. The quantitative estimate of drug-likeness (QED) is 0.237. The molecule has 82 valence electrons. The second kappa shape index (κ2) is 5.57. The van der Waals surface area contributed by atoms with Crippen LogP contribution in [0.1, 0.15) is 5.56 Å². The summed E-state index contributed by atoms with van der Waals surface area (Å²) in [6.07, 6.45) is 0. The zero-order valence-corrected chi connectivity index (χ0v) is 8.67. The van der Waals surface area contributed by atoms with Crippen LogP contribution in [0.4, 0.5) is 4.39 Å². The fourth-order valence-corrected chi connectivity index (χ4v) is 1.66. The summed E-state index contributed by atoms with van der Waals surface area (Å²) < 4.78 is 13.4. The minimum Gasteiger partial charge on any atom is -0.409 e. The van der Waals surface area contributed by atoms with Gasteiger partial charge in [-0.2, -0.15) is 0 Å². The molecule has 0 bridgehead atoms. The van der Waals surface area contributed by atoms with Crippen LogP contribution in [0.3, 0.4) is 0 Å². The maximum absolute atomic E-state index is 13.4. The summed E-state index contributed by atoms with van der Waals surface area (Å²) in [4.78, 5) is 0.429. The highest BCUT2D eigenvalue weighted by Crippen LogP contribution is 2.22. The molecule has 1 rings (SSSR count). The molecule has 6 heteroatoms. The molecule has 0 radical (unpaired) electrons. The number of oxime groups is 1. The van der Waals surface area contributed by atoms with Crippen LogP contribution in [0.2, 0.25) is 0 Å². The third-order valence-electron chi connectivity index (χ3n) is 1.68. The molecule has 0 aliphatic heterocycles. The van der Waals surface area contributed by atoms with E-state index in [-0.39, 0.29) is 12.4 Å². The maximum Gasteiger partial charge on any atom is 0.170 e. The minimum atomic E-state index is -0.447. The first-order chi connectivity index (χ1) is 7.19. The van der Waals surface area contributed by atoms with Gasteiger partial charge in [-0.25, -0.2) is 4.39 Å². The van der Waals surface area contributed by atoms with E-state index in [4.69, 9.17) is 16.0 Å². The molecule has 0 fully saturated rings. The van der Waals surface area contributed by atoms with Crippen LogP contribution in [-0.4, -0.2) is 28.5 Å². The molecule has 4 nitrogen and oxygen atoms in total. The zero-order valence-electron chi connectivity index (χ0n) is 7.85. The molecule has 0 atom stereocenters. The number of aliphatic hydroxyl groups is 1. The van der Waals surface area contributed by atoms with Crippen molar-refractivity contribution in [1.29, 1.82) is 0 Å². The summed E-state index contributed by atoms with van der Waals surface area (Å²) in [5, 5.41) is 19.7. The number of hydrogen-bond donors (Lipinski definition) is 3. The van der Waals surface area contributed by atoms with Gasteiger partial charge in [-0.3, -0.25) is 0 Å². The number of nitrogens with zero attached hydrogens (tertiary/aromatic N) is 1. The summed E-state index contributed by atoms with van der Waals surface area (Å²) >= 11 is 1.21. The lowest BCUT2D eigenvalue weighted by Gasteiger charge is -2.03. The average Bonchev–Trinajstić information content (AvgIpc) is 2.26. The first-order valence-corrected chi connectivity index (χ1v) is 5.18. The lowest BCUT2D eigenvalue weighted by molar-refractivity contribution is 0.318. The molecule has 0 saturated carbocycles. The van der Waals surface area contributed by atoms with Crippen molar-refractivity contribution < 1.29 is 14.7 Å². The Kier molecular flexibility index (Phi) is 4.38. The Balaban J connectivity index is 2.88. The van der Waals surface area contributed by atoms with Gasteiger partial charge in [0, 0.05) is 16.2 Å². The number of halogens is 1. The standard InChI is InChI=1S/C9H11FN2O2S/c10-7-5-6(9(11)12-14)1-2-8(7)15-4-3-13/h1-2,5,13-14H,3-4H2,(H2,11,12). The van der Waals surface area contributed by atoms with Crippen LogP contribution in [0.25, 0.3) is 0 Å². The van der Waals surface area contributed by atoms with E-state index in [1.165, 1.54) is 23.9 Å². The van der Waals surface area contributed by atoms with Crippen molar-refractivity contribution in [1.82, 2.24) is 0 Å². The van der Waals surface area contributed by atoms with Gasteiger partial charge in [0.2, 0.25) is 0 Å². The van der Waals surface area contributed by atoms with Crippen molar-refractivity contribution in [3.63, 3.8) is 0 Å². The number of thioether (sulfide) groups is 1. The molecule has 0 unspecified atom stereocenters. The van der Waals surface area contributed by atoms with E-state index < -0.39 is 5.82 Å². The summed E-state index contributed by atoms with van der Waals surface area (Å²) in [6, 6.07) is 4.27. The number of benzene rings is 1. The van der Waals surface area contributed by atoms with Gasteiger partial charge in [-0.1, -0.05) is 5.16 Å². The normalized spacial score (nSPS) is 11.7. The molecular weight excluding hydrogens is 219 g/mol. The Morgan fingerprint density at radius 3 is 2.80 bits per heavy atom. The Hall–Kier alpha value is -1.27. The fourth-order valence-electron chi connectivity index (χ4n) is 0.991. The number of amidine groups is 1. The highest BCUT2D eigenvalue weighted by Gasteiger charge is 2.06. The average molecular weight is 230 g/mol. The Labute approximate surface area is 90.6 Å². The van der Waals surface area contributed by atoms with Crippen LogP contribution in [0.5, 0.6) is 0 Å². The number of rotatable bonds is 4. The summed E-state index contributed by atoms with van der Waals surface area (Å²) in [6.45, 7) is -0.00784. The lowest BCUT2D eigenvalue weighted by Crippen LogP contribution is -2.13. The molecule has 4 N–H and O–H groups in total. The van der Waals surface area contributed by atoms with E-state index in [9.17, 15) is 4.39 Å². The summed E-state index contributed by atoms with van der Waals surface area (Å²) in [5.41, 5.74) is 5.62. The number of aliphatic hydroxyl groups excluding tert-OH is 1. The summed E-state index contributed by atoms with van der Waals surface area (Å²) in [5.74, 6) is -0.148. The summed E-state index contributed by atoms with van der Waals surface area (Å²) in [7, 11) is 0. The third kappa shape index (κ3) is 3.10. The SMILES string of the molecule is N/C(=N\O)c1ccc(SCCO)c(F)c1. The number of nitrogens with two attached hydrogens (primary N) is 1. The topological polar surface area (TPSA) is 78.8 Å². The van der Waals surface area contributed by atoms with Gasteiger partial charge in [0.1, 0.15) is 5.82 Å². The smallest absolute Gasteiger partial charge is 0.170 e. The lowest BCUT2D eigenvalue weighted by atomic mass is 10.2. The first-order valence-electron chi connectivity index (χ1n) is 4.20. The van der Waals surface area contributed by atoms with Gasteiger partial charge in [0.05, 0.1) is 6.61 Å². The van der Waals surface area contributed by atoms with Crippen molar-refractivity contribution in [3.05, 3.63) is 29.6 Å². The largest absolute Gasteiger partial charge is 0.409 e. The van der Waals surface area contributed by atoms with E-state index in [1.807, 2.05) is 0 Å². The molecular formula is C9H11FN2O2S. The van der Waals surface area contributed by atoms with Crippen molar-refractivity contribution in [3.8, 4) is 0 Å². The van der Waals surface area contributed by atoms with Gasteiger partial charge in [-0.05, 0) is 18.2 Å². The van der Waals surface area contributed by atoms with Gasteiger partial charge in [-0.15, -0.1) is 11.8 Å². The van der Waals surface area contributed by atoms with Crippen LogP contribution in [-0.2, 0) is 0 Å². The molecule has 0 spiro atoms. The van der Waals surface area contributed by atoms with Crippen LogP contribution in [0.15, 0.2) is 28.3 Å². The van der Waals surface area contributed by atoms with E-state index in [1.54, 1.807) is 6.07 Å². The van der Waals surface area contributed by atoms with Crippen molar-refractivity contribution >= 4 is 17.6 Å². The maximum atomic E-state index is 13.4. The highest BCUT2D eigenvalue weighted by molar-refractivity contribution is 7.99. The van der Waals surface area contributed by atoms with E-state index in [0.717, 1.165) is 0 Å². The van der Waals surface area contributed by atoms with Crippen LogP contribution >= 0.6 is 11.8 Å². The van der Waals surface area contributed by atoms with E-state index in [2.05, 4.69) is 5.16 Å². The molecule has 0 heterocycles. The monoisotopic (exact) mass is 230 g/mol. The molecule has 15 heavy (non-hydrogen) atoms. The van der Waals surface area contributed by atoms with E-state index in [0.29, 0.717) is 16.2 Å². The second-order valence-electron chi connectivity index (χ2n) is 2.70. The van der Waals surface area contributed by atoms with Crippen molar-refractivity contribution in [2.24, 2.45) is 10.9 Å². The molecule has 0 aliphatic rings. The van der Waals surface area contributed by atoms with Crippen LogP contribution in [0, 0.1) is 5.82 Å². The predicted octanol–water partition coefficient (Wildman–Crippen LogP) is 1.00. The zero-order chi connectivity index (χ0) is 11.3. The number of hydrogen-bond acceptors (Lipinski definition) is 4. The van der Waals surface area contributed by atoms with Gasteiger partial charge in [0.15, 0.2) is 5.84 Å². The molecule has 0 amide bonds. The molecule has 0 saturated heterocycles. The van der Waals surface area contributed by atoms with Gasteiger partial charge >= 0.3 is 0 Å².